The van der Waals surface area contributed by atoms with Crippen LogP contribution in [0.2, 0.25) is 0 Å². The Balaban J connectivity index is 1.97. The zero-order valence-corrected chi connectivity index (χ0v) is 16.7. The second kappa shape index (κ2) is 9.08. The first-order valence-electron chi connectivity index (χ1n) is 9.31. The molecule has 27 heavy (non-hydrogen) atoms. The van der Waals surface area contributed by atoms with Crippen molar-refractivity contribution in [3.05, 3.63) is 23.8 Å². The number of benzene rings is 1. The lowest BCUT2D eigenvalue weighted by molar-refractivity contribution is -0.131. The third-order valence-corrected chi connectivity index (χ3v) is 5.12. The molecule has 0 aliphatic heterocycles. The van der Waals surface area contributed by atoms with Gasteiger partial charge in [-0.15, -0.1) is 0 Å². The number of rotatable bonds is 7. The van der Waals surface area contributed by atoms with Crippen LogP contribution in [0.5, 0.6) is 11.5 Å². The largest absolute Gasteiger partial charge is 0.493 e. The van der Waals surface area contributed by atoms with E-state index in [4.69, 9.17) is 15.2 Å². The number of nitrogens with zero attached hydrogens (tertiary/aromatic N) is 1. The first-order valence-corrected chi connectivity index (χ1v) is 9.31. The molecule has 0 bridgehead atoms. The van der Waals surface area contributed by atoms with E-state index in [-0.39, 0.29) is 24.3 Å². The van der Waals surface area contributed by atoms with Gasteiger partial charge in [0.15, 0.2) is 18.1 Å². The van der Waals surface area contributed by atoms with E-state index in [1.54, 1.807) is 33.3 Å². The quantitative estimate of drug-likeness (QED) is 0.754. The molecule has 1 aliphatic rings. The second-order valence-corrected chi connectivity index (χ2v) is 7.58. The first-order chi connectivity index (χ1) is 12.7. The number of nitrogens with two attached hydrogens (primary N) is 1. The number of ether oxygens (including phenoxy) is 2. The van der Waals surface area contributed by atoms with Crippen LogP contribution < -0.4 is 20.5 Å². The summed E-state index contributed by atoms with van der Waals surface area (Å²) in [5.41, 5.74) is 6.75. The van der Waals surface area contributed by atoms with Crippen molar-refractivity contribution >= 4 is 11.8 Å². The molecule has 2 unspecified atom stereocenters. The zero-order chi connectivity index (χ0) is 20.0. The third kappa shape index (κ3) is 5.60. The van der Waals surface area contributed by atoms with Gasteiger partial charge in [-0.25, -0.2) is 0 Å². The molecule has 1 saturated carbocycles. The van der Waals surface area contributed by atoms with Gasteiger partial charge in [-0.1, -0.05) is 18.9 Å². The average molecular weight is 377 g/mol. The molecule has 2 atom stereocenters. The molecule has 0 aromatic heterocycles. The van der Waals surface area contributed by atoms with Crippen LogP contribution in [0.25, 0.3) is 0 Å². The molecule has 1 aromatic rings. The molecular formula is C20H31N3O4. The van der Waals surface area contributed by atoms with E-state index in [2.05, 4.69) is 5.32 Å². The highest BCUT2D eigenvalue weighted by Crippen LogP contribution is 2.32. The van der Waals surface area contributed by atoms with E-state index in [0.29, 0.717) is 18.0 Å². The topological polar surface area (TPSA) is 93.9 Å². The van der Waals surface area contributed by atoms with Gasteiger partial charge in [0.2, 0.25) is 5.91 Å². The van der Waals surface area contributed by atoms with Crippen molar-refractivity contribution < 1.29 is 19.1 Å². The summed E-state index contributed by atoms with van der Waals surface area (Å²) in [4.78, 5) is 25.7. The van der Waals surface area contributed by atoms with Gasteiger partial charge in [0.05, 0.1) is 13.0 Å². The molecule has 0 saturated heterocycles. The summed E-state index contributed by atoms with van der Waals surface area (Å²) in [7, 11) is 4.89. The molecule has 1 aliphatic carbocycles. The van der Waals surface area contributed by atoms with Crippen molar-refractivity contribution in [2.75, 3.05) is 27.8 Å². The van der Waals surface area contributed by atoms with Crippen LogP contribution in [-0.4, -0.2) is 50.1 Å². The molecule has 150 valence electrons. The van der Waals surface area contributed by atoms with Crippen molar-refractivity contribution in [2.24, 2.45) is 11.7 Å². The number of hydrogen-bond donors (Lipinski definition) is 2. The summed E-state index contributed by atoms with van der Waals surface area (Å²) in [6, 6.07) is 5.40. The normalized spacial score (nSPS) is 22.0. The number of amides is 2. The monoisotopic (exact) mass is 377 g/mol. The summed E-state index contributed by atoms with van der Waals surface area (Å²) in [5.74, 6) is 0.716. The SMILES string of the molecule is COc1cc(CNC(=O)C2CCCCC2(C)N)ccc1OCC(=O)N(C)C. The van der Waals surface area contributed by atoms with Gasteiger partial charge in [0, 0.05) is 26.2 Å². The minimum atomic E-state index is -0.448. The van der Waals surface area contributed by atoms with E-state index in [1.807, 2.05) is 13.0 Å². The van der Waals surface area contributed by atoms with Gasteiger partial charge in [0.1, 0.15) is 0 Å². The van der Waals surface area contributed by atoms with Gasteiger partial charge in [-0.2, -0.15) is 0 Å². The Kier molecular flexibility index (Phi) is 7.07. The van der Waals surface area contributed by atoms with E-state index in [1.165, 1.54) is 4.90 Å². The van der Waals surface area contributed by atoms with Crippen molar-refractivity contribution in [1.82, 2.24) is 10.2 Å². The second-order valence-electron chi connectivity index (χ2n) is 7.58. The maximum absolute atomic E-state index is 12.6. The number of nitrogens with one attached hydrogen (secondary N) is 1. The van der Waals surface area contributed by atoms with Crippen LogP contribution in [0.15, 0.2) is 18.2 Å². The van der Waals surface area contributed by atoms with E-state index in [9.17, 15) is 9.59 Å². The van der Waals surface area contributed by atoms with E-state index in [0.717, 1.165) is 31.2 Å². The lowest BCUT2D eigenvalue weighted by Gasteiger charge is -2.37. The Labute approximate surface area is 161 Å². The molecule has 0 radical (unpaired) electrons. The van der Waals surface area contributed by atoms with Crippen LogP contribution in [0.3, 0.4) is 0 Å². The maximum Gasteiger partial charge on any atom is 0.259 e. The molecule has 7 heteroatoms. The first kappa shape index (κ1) is 21.0. The van der Waals surface area contributed by atoms with Gasteiger partial charge in [-0.3, -0.25) is 9.59 Å². The summed E-state index contributed by atoms with van der Waals surface area (Å²) in [5, 5.41) is 2.98. The van der Waals surface area contributed by atoms with Crippen LogP contribution >= 0.6 is 0 Å². The van der Waals surface area contributed by atoms with Crippen LogP contribution in [0.4, 0.5) is 0 Å². The maximum atomic E-state index is 12.6. The Hall–Kier alpha value is -2.28. The van der Waals surface area contributed by atoms with Crippen molar-refractivity contribution in [2.45, 2.75) is 44.7 Å². The molecule has 1 aromatic carbocycles. The minimum Gasteiger partial charge on any atom is -0.493 e. The van der Waals surface area contributed by atoms with Gasteiger partial charge >= 0.3 is 0 Å². The van der Waals surface area contributed by atoms with Crippen molar-refractivity contribution in [3.63, 3.8) is 0 Å². The molecule has 0 heterocycles. The highest BCUT2D eigenvalue weighted by Gasteiger charge is 2.37. The smallest absolute Gasteiger partial charge is 0.259 e. The number of carbonyl (C=O) groups is 2. The average Bonchev–Trinajstić information content (AvgIpc) is 2.63. The molecule has 1 fully saturated rings. The Morgan fingerprint density at radius 1 is 1.30 bits per heavy atom. The van der Waals surface area contributed by atoms with Crippen molar-refractivity contribution in [1.29, 1.82) is 0 Å². The molecule has 7 nitrogen and oxygen atoms in total. The zero-order valence-electron chi connectivity index (χ0n) is 16.7. The van der Waals surface area contributed by atoms with E-state index < -0.39 is 5.54 Å². The fourth-order valence-corrected chi connectivity index (χ4v) is 3.31. The summed E-state index contributed by atoms with van der Waals surface area (Å²) >= 11 is 0. The standard InChI is InChI=1S/C20H31N3O4/c1-20(21)10-6-5-7-15(20)19(25)22-12-14-8-9-16(17(11-14)26-4)27-13-18(24)23(2)3/h8-9,11,15H,5-7,10,12-13,21H2,1-4H3,(H,22,25). The van der Waals surface area contributed by atoms with Gasteiger partial charge in [-0.05, 0) is 37.5 Å². The molecule has 2 amide bonds. The number of carbonyl (C=O) groups excluding carboxylic acids is 2. The summed E-state index contributed by atoms with van der Waals surface area (Å²) < 4.78 is 10.9. The van der Waals surface area contributed by atoms with Gasteiger partial charge < -0.3 is 25.4 Å². The Bertz CT molecular complexity index is 673. The van der Waals surface area contributed by atoms with Gasteiger partial charge in [0.25, 0.3) is 5.91 Å². The van der Waals surface area contributed by atoms with Crippen LogP contribution in [0.1, 0.15) is 38.2 Å². The number of hydrogen-bond acceptors (Lipinski definition) is 5. The number of methoxy groups -OCH3 is 1. The Morgan fingerprint density at radius 3 is 2.67 bits per heavy atom. The van der Waals surface area contributed by atoms with Crippen molar-refractivity contribution in [3.8, 4) is 11.5 Å². The summed E-state index contributed by atoms with van der Waals surface area (Å²) in [6.45, 7) is 2.29. The fourth-order valence-electron chi connectivity index (χ4n) is 3.31. The highest BCUT2D eigenvalue weighted by molar-refractivity contribution is 5.80. The lowest BCUT2D eigenvalue weighted by Crippen LogP contribution is -2.52. The van der Waals surface area contributed by atoms with Crippen LogP contribution in [-0.2, 0) is 16.1 Å². The molecule has 2 rings (SSSR count). The fraction of sp³-hybridized carbons (Fsp3) is 0.600. The molecular weight excluding hydrogens is 346 g/mol. The lowest BCUT2D eigenvalue weighted by atomic mass is 9.74. The molecule has 0 spiro atoms. The minimum absolute atomic E-state index is 0.00410. The Morgan fingerprint density at radius 2 is 2.04 bits per heavy atom. The number of likely N-dealkylation sites (N-methyl/N-ethyl adjacent to an activating group) is 1. The third-order valence-electron chi connectivity index (χ3n) is 5.12. The van der Waals surface area contributed by atoms with E-state index >= 15 is 0 Å². The van der Waals surface area contributed by atoms with Crippen LogP contribution in [0, 0.1) is 5.92 Å². The molecule has 3 N–H and O–H groups in total. The predicted molar refractivity (Wildman–Crippen MR) is 104 cm³/mol. The summed E-state index contributed by atoms with van der Waals surface area (Å²) in [6.07, 6.45) is 3.81. The highest BCUT2D eigenvalue weighted by atomic mass is 16.5. The predicted octanol–water partition coefficient (Wildman–Crippen LogP) is 1.69.